The van der Waals surface area contributed by atoms with Crippen LogP contribution < -0.4 is 10.1 Å². The third-order valence-corrected chi connectivity index (χ3v) is 6.73. The Hall–Kier alpha value is -2.42. The lowest BCUT2D eigenvalue weighted by atomic mass is 10.1. The first-order valence-electron chi connectivity index (χ1n) is 9.06. The monoisotopic (exact) mass is 403 g/mol. The van der Waals surface area contributed by atoms with Gasteiger partial charge in [-0.1, -0.05) is 6.07 Å². The van der Waals surface area contributed by atoms with E-state index in [4.69, 9.17) is 4.74 Å². The van der Waals surface area contributed by atoms with Crippen LogP contribution in [0, 0.1) is 6.92 Å². The second-order valence-electron chi connectivity index (χ2n) is 6.89. The molecule has 2 aromatic carbocycles. The molecule has 3 rings (SSSR count). The molecule has 1 aliphatic heterocycles. The van der Waals surface area contributed by atoms with Crippen molar-refractivity contribution in [3.05, 3.63) is 53.6 Å². The average Bonchev–Trinajstić information content (AvgIpc) is 2.68. The highest BCUT2D eigenvalue weighted by Gasteiger charge is 2.27. The maximum atomic E-state index is 12.8. The van der Waals surface area contributed by atoms with Gasteiger partial charge in [0.25, 0.3) is 5.91 Å². The minimum Gasteiger partial charge on any atom is -0.495 e. The number of carbonyl (C=O) groups is 1. The number of nitrogens with zero attached hydrogens (tertiary/aromatic N) is 2. The molecule has 1 fully saturated rings. The summed E-state index contributed by atoms with van der Waals surface area (Å²) < 4.78 is 32.3. The predicted octanol–water partition coefficient (Wildman–Crippen LogP) is 2.19. The number of carbonyl (C=O) groups excluding carboxylic acids is 1. The molecule has 1 aliphatic rings. The molecule has 7 nitrogen and oxygen atoms in total. The molecule has 1 N–H and O–H groups in total. The summed E-state index contributed by atoms with van der Waals surface area (Å²) in [5, 5.41) is 2.82. The molecule has 0 bridgehead atoms. The van der Waals surface area contributed by atoms with Crippen molar-refractivity contribution in [3.8, 4) is 5.75 Å². The summed E-state index contributed by atoms with van der Waals surface area (Å²) in [6, 6.07) is 11.5. The molecule has 28 heavy (non-hydrogen) atoms. The SMILES string of the molecule is COc1ccc(C)cc1NC(=O)c1ccc(S(=O)(=O)N2CCN(C)CC2)cc1. The molecule has 0 radical (unpaired) electrons. The molecule has 150 valence electrons. The number of methoxy groups -OCH3 is 1. The molecule has 0 saturated carbocycles. The van der Waals surface area contributed by atoms with Gasteiger partial charge in [-0.25, -0.2) is 8.42 Å². The van der Waals surface area contributed by atoms with Gasteiger partial charge in [0.15, 0.2) is 0 Å². The topological polar surface area (TPSA) is 78.9 Å². The van der Waals surface area contributed by atoms with Gasteiger partial charge in [-0.15, -0.1) is 0 Å². The number of amides is 1. The van der Waals surface area contributed by atoms with Crippen molar-refractivity contribution >= 4 is 21.6 Å². The Balaban J connectivity index is 1.75. The minimum atomic E-state index is -3.55. The van der Waals surface area contributed by atoms with Crippen LogP contribution in [0.2, 0.25) is 0 Å². The highest BCUT2D eigenvalue weighted by Crippen LogP contribution is 2.26. The Bertz CT molecular complexity index is 950. The van der Waals surface area contributed by atoms with Crippen molar-refractivity contribution in [3.63, 3.8) is 0 Å². The van der Waals surface area contributed by atoms with E-state index in [1.54, 1.807) is 13.2 Å². The third-order valence-electron chi connectivity index (χ3n) is 4.82. The fourth-order valence-electron chi connectivity index (χ4n) is 3.07. The smallest absolute Gasteiger partial charge is 0.255 e. The standard InChI is InChI=1S/C20H25N3O4S/c1-15-4-9-19(27-3)18(14-15)21-20(24)16-5-7-17(8-6-16)28(25,26)23-12-10-22(2)11-13-23/h4-9,14H,10-13H2,1-3H3,(H,21,24). The fraction of sp³-hybridized carbons (Fsp3) is 0.350. The van der Waals surface area contributed by atoms with Crippen LogP contribution in [0.4, 0.5) is 5.69 Å². The zero-order chi connectivity index (χ0) is 20.3. The van der Waals surface area contributed by atoms with Gasteiger partial charge in [0.2, 0.25) is 10.0 Å². The van der Waals surface area contributed by atoms with Crippen LogP contribution in [0.3, 0.4) is 0 Å². The van der Waals surface area contributed by atoms with Crippen LogP contribution in [0.5, 0.6) is 5.75 Å². The Morgan fingerprint density at radius 1 is 1.04 bits per heavy atom. The summed E-state index contributed by atoms with van der Waals surface area (Å²) in [5.41, 5.74) is 1.94. The van der Waals surface area contributed by atoms with E-state index in [9.17, 15) is 13.2 Å². The second-order valence-corrected chi connectivity index (χ2v) is 8.83. The molecule has 1 heterocycles. The van der Waals surface area contributed by atoms with E-state index in [0.717, 1.165) is 5.56 Å². The van der Waals surface area contributed by atoms with Gasteiger partial charge in [0.05, 0.1) is 17.7 Å². The van der Waals surface area contributed by atoms with Gasteiger partial charge < -0.3 is 15.0 Å². The number of benzene rings is 2. The van der Waals surface area contributed by atoms with Gasteiger partial charge >= 0.3 is 0 Å². The van der Waals surface area contributed by atoms with E-state index in [-0.39, 0.29) is 10.8 Å². The quantitative estimate of drug-likeness (QED) is 0.828. The van der Waals surface area contributed by atoms with Crippen LogP contribution in [0.1, 0.15) is 15.9 Å². The third kappa shape index (κ3) is 4.35. The molecule has 1 amide bonds. The second kappa shape index (κ2) is 8.30. The Morgan fingerprint density at radius 3 is 2.29 bits per heavy atom. The summed E-state index contributed by atoms with van der Waals surface area (Å²) in [7, 11) is -0.0353. The van der Waals surface area contributed by atoms with Crippen LogP contribution in [-0.4, -0.2) is 63.9 Å². The number of piperazine rings is 1. The van der Waals surface area contributed by atoms with Crippen molar-refractivity contribution in [1.82, 2.24) is 9.21 Å². The number of hydrogen-bond donors (Lipinski definition) is 1. The lowest BCUT2D eigenvalue weighted by molar-refractivity contribution is 0.102. The molecule has 0 spiro atoms. The fourth-order valence-corrected chi connectivity index (χ4v) is 4.49. The van der Waals surface area contributed by atoms with E-state index in [1.807, 2.05) is 26.1 Å². The first kappa shape index (κ1) is 20.3. The first-order valence-corrected chi connectivity index (χ1v) is 10.5. The Labute approximate surface area is 166 Å². The van der Waals surface area contributed by atoms with Crippen molar-refractivity contribution in [2.75, 3.05) is 45.7 Å². The number of sulfonamides is 1. The molecule has 1 saturated heterocycles. The van der Waals surface area contributed by atoms with E-state index < -0.39 is 10.0 Å². The van der Waals surface area contributed by atoms with Crippen molar-refractivity contribution in [2.24, 2.45) is 0 Å². The normalized spacial score (nSPS) is 16.0. The van der Waals surface area contributed by atoms with Gasteiger partial charge in [0, 0.05) is 31.7 Å². The van der Waals surface area contributed by atoms with Crippen LogP contribution >= 0.6 is 0 Å². The number of aryl methyl sites for hydroxylation is 1. The molecule has 0 aliphatic carbocycles. The number of nitrogens with one attached hydrogen (secondary N) is 1. The lowest BCUT2D eigenvalue weighted by Crippen LogP contribution is -2.47. The average molecular weight is 404 g/mol. The van der Waals surface area contributed by atoms with Crippen molar-refractivity contribution < 1.29 is 17.9 Å². The summed E-state index contributed by atoms with van der Waals surface area (Å²) in [5.74, 6) is 0.237. The first-order chi connectivity index (χ1) is 13.3. The van der Waals surface area contributed by atoms with Crippen LogP contribution in [-0.2, 0) is 10.0 Å². The number of likely N-dealkylation sites (N-methyl/N-ethyl adjacent to an activating group) is 1. The van der Waals surface area contributed by atoms with E-state index in [1.165, 1.54) is 28.6 Å². The van der Waals surface area contributed by atoms with Gasteiger partial charge in [-0.05, 0) is 55.9 Å². The number of hydrogen-bond acceptors (Lipinski definition) is 5. The maximum Gasteiger partial charge on any atom is 0.255 e. The summed E-state index contributed by atoms with van der Waals surface area (Å²) in [4.78, 5) is 14.9. The molecular weight excluding hydrogens is 378 g/mol. The van der Waals surface area contributed by atoms with Gasteiger partial charge in [0.1, 0.15) is 5.75 Å². The molecule has 0 aromatic heterocycles. The number of anilines is 1. The zero-order valence-corrected chi connectivity index (χ0v) is 17.1. The number of rotatable bonds is 5. The molecule has 2 aromatic rings. The Kier molecular flexibility index (Phi) is 6.02. The van der Waals surface area contributed by atoms with Crippen LogP contribution in [0.25, 0.3) is 0 Å². The van der Waals surface area contributed by atoms with Crippen molar-refractivity contribution in [1.29, 1.82) is 0 Å². The lowest BCUT2D eigenvalue weighted by Gasteiger charge is -2.31. The van der Waals surface area contributed by atoms with E-state index in [0.29, 0.717) is 43.2 Å². The zero-order valence-electron chi connectivity index (χ0n) is 16.3. The molecule has 0 atom stereocenters. The van der Waals surface area contributed by atoms with E-state index in [2.05, 4.69) is 10.2 Å². The summed E-state index contributed by atoms with van der Waals surface area (Å²) in [6.45, 7) is 4.27. The van der Waals surface area contributed by atoms with E-state index >= 15 is 0 Å². The molecular formula is C20H25N3O4S. The largest absolute Gasteiger partial charge is 0.495 e. The minimum absolute atomic E-state index is 0.196. The molecule has 0 unspecified atom stereocenters. The van der Waals surface area contributed by atoms with Gasteiger partial charge in [-0.3, -0.25) is 4.79 Å². The van der Waals surface area contributed by atoms with Crippen LogP contribution in [0.15, 0.2) is 47.4 Å². The maximum absolute atomic E-state index is 12.8. The molecule has 8 heteroatoms. The Morgan fingerprint density at radius 2 is 1.68 bits per heavy atom. The van der Waals surface area contributed by atoms with Crippen molar-refractivity contribution in [2.45, 2.75) is 11.8 Å². The summed E-state index contributed by atoms with van der Waals surface area (Å²) >= 11 is 0. The highest BCUT2D eigenvalue weighted by molar-refractivity contribution is 7.89. The predicted molar refractivity (Wildman–Crippen MR) is 108 cm³/mol. The number of ether oxygens (including phenoxy) is 1. The summed E-state index contributed by atoms with van der Waals surface area (Å²) in [6.07, 6.45) is 0. The van der Waals surface area contributed by atoms with Gasteiger partial charge in [-0.2, -0.15) is 4.31 Å². The highest BCUT2D eigenvalue weighted by atomic mass is 32.2.